The van der Waals surface area contributed by atoms with E-state index in [1.165, 1.54) is 0 Å². The third-order valence-electron chi connectivity index (χ3n) is 3.15. The van der Waals surface area contributed by atoms with E-state index in [4.69, 9.17) is 28.9 Å². The molecule has 2 aromatic rings. The number of nitrogens with two attached hydrogens (primary N) is 1. The number of primary amides is 1. The summed E-state index contributed by atoms with van der Waals surface area (Å²) < 4.78 is 0. The van der Waals surface area contributed by atoms with Gasteiger partial charge in [0.2, 0.25) is 5.91 Å². The predicted molar refractivity (Wildman–Crippen MR) is 90.2 cm³/mol. The zero-order chi connectivity index (χ0) is 16.8. The SMILES string of the molecule is NC(=O)NC(=O)[C@@H](NCc1ccc(Cl)cc1Cl)c1ccccc1. The van der Waals surface area contributed by atoms with E-state index >= 15 is 0 Å². The van der Waals surface area contributed by atoms with Crippen LogP contribution < -0.4 is 16.4 Å². The van der Waals surface area contributed by atoms with Gasteiger partial charge in [0, 0.05) is 16.6 Å². The van der Waals surface area contributed by atoms with Crippen LogP contribution in [-0.4, -0.2) is 11.9 Å². The maximum absolute atomic E-state index is 12.2. The minimum absolute atomic E-state index is 0.321. The van der Waals surface area contributed by atoms with Gasteiger partial charge in [-0.2, -0.15) is 0 Å². The molecule has 0 saturated heterocycles. The molecule has 0 bridgehead atoms. The summed E-state index contributed by atoms with van der Waals surface area (Å²) in [6.07, 6.45) is 0. The van der Waals surface area contributed by atoms with Crippen LogP contribution in [0.15, 0.2) is 48.5 Å². The summed E-state index contributed by atoms with van der Waals surface area (Å²) in [7, 11) is 0. The Kier molecular flexibility index (Phi) is 5.98. The van der Waals surface area contributed by atoms with Gasteiger partial charge in [0.25, 0.3) is 0 Å². The van der Waals surface area contributed by atoms with Crippen LogP contribution in [0, 0.1) is 0 Å². The number of nitrogens with one attached hydrogen (secondary N) is 2. The van der Waals surface area contributed by atoms with Gasteiger partial charge in [0.05, 0.1) is 0 Å². The van der Waals surface area contributed by atoms with E-state index < -0.39 is 18.0 Å². The summed E-state index contributed by atoms with van der Waals surface area (Å²) in [6, 6.07) is 12.5. The average molecular weight is 352 g/mol. The number of benzene rings is 2. The topological polar surface area (TPSA) is 84.2 Å². The Bertz CT molecular complexity index is 708. The molecule has 1 atom stereocenters. The van der Waals surface area contributed by atoms with Crippen molar-refractivity contribution in [2.24, 2.45) is 5.73 Å². The lowest BCUT2D eigenvalue weighted by atomic mass is 10.1. The molecule has 0 fully saturated rings. The molecule has 3 amide bonds. The van der Waals surface area contributed by atoms with E-state index in [0.29, 0.717) is 22.2 Å². The fourth-order valence-electron chi connectivity index (χ4n) is 2.08. The van der Waals surface area contributed by atoms with Crippen molar-refractivity contribution in [3.8, 4) is 0 Å². The molecule has 0 aliphatic rings. The van der Waals surface area contributed by atoms with Crippen molar-refractivity contribution in [1.82, 2.24) is 10.6 Å². The highest BCUT2D eigenvalue weighted by Crippen LogP contribution is 2.22. The molecule has 0 unspecified atom stereocenters. The second kappa shape index (κ2) is 7.97. The van der Waals surface area contributed by atoms with Crippen LogP contribution in [0.4, 0.5) is 4.79 Å². The summed E-state index contributed by atoms with van der Waals surface area (Å²) >= 11 is 12.0. The molecule has 0 spiro atoms. The third-order valence-corrected chi connectivity index (χ3v) is 3.74. The van der Waals surface area contributed by atoms with Crippen molar-refractivity contribution in [2.75, 3.05) is 0 Å². The summed E-state index contributed by atoms with van der Waals surface area (Å²) in [5, 5.41) is 6.18. The summed E-state index contributed by atoms with van der Waals surface area (Å²) in [5.41, 5.74) is 6.51. The number of hydrogen-bond acceptors (Lipinski definition) is 3. The zero-order valence-corrected chi connectivity index (χ0v) is 13.6. The van der Waals surface area contributed by atoms with Crippen LogP contribution in [0.5, 0.6) is 0 Å². The Balaban J connectivity index is 2.17. The first-order valence-electron chi connectivity index (χ1n) is 6.80. The monoisotopic (exact) mass is 351 g/mol. The highest BCUT2D eigenvalue weighted by atomic mass is 35.5. The zero-order valence-electron chi connectivity index (χ0n) is 12.1. The molecule has 7 heteroatoms. The van der Waals surface area contributed by atoms with Crippen LogP contribution in [0.25, 0.3) is 0 Å². The van der Waals surface area contributed by atoms with Gasteiger partial charge in [-0.05, 0) is 23.3 Å². The number of carbonyl (C=O) groups is 2. The maximum Gasteiger partial charge on any atom is 0.318 e. The molecule has 0 saturated carbocycles. The van der Waals surface area contributed by atoms with Gasteiger partial charge < -0.3 is 5.73 Å². The van der Waals surface area contributed by atoms with E-state index in [1.54, 1.807) is 42.5 Å². The minimum Gasteiger partial charge on any atom is -0.351 e. The number of halogens is 2. The van der Waals surface area contributed by atoms with Gasteiger partial charge >= 0.3 is 6.03 Å². The Morgan fingerprint density at radius 1 is 1.09 bits per heavy atom. The number of urea groups is 1. The van der Waals surface area contributed by atoms with Crippen LogP contribution in [0.1, 0.15) is 17.2 Å². The second-order valence-electron chi connectivity index (χ2n) is 4.81. The fraction of sp³-hybridized carbons (Fsp3) is 0.125. The summed E-state index contributed by atoms with van der Waals surface area (Å²) in [4.78, 5) is 23.1. The predicted octanol–water partition coefficient (Wildman–Crippen LogP) is 3.02. The van der Waals surface area contributed by atoms with Gasteiger partial charge in [-0.1, -0.05) is 59.6 Å². The van der Waals surface area contributed by atoms with Gasteiger partial charge in [0.1, 0.15) is 6.04 Å². The first-order valence-corrected chi connectivity index (χ1v) is 7.55. The molecule has 2 rings (SSSR count). The Morgan fingerprint density at radius 3 is 2.39 bits per heavy atom. The molecular formula is C16H15Cl2N3O2. The third kappa shape index (κ3) is 4.96. The number of amides is 3. The van der Waals surface area contributed by atoms with E-state index in [-0.39, 0.29) is 0 Å². The Hall–Kier alpha value is -2.08. The first-order chi connectivity index (χ1) is 11.0. The number of rotatable bonds is 5. The van der Waals surface area contributed by atoms with Crippen molar-refractivity contribution in [1.29, 1.82) is 0 Å². The second-order valence-corrected chi connectivity index (χ2v) is 5.66. The summed E-state index contributed by atoms with van der Waals surface area (Å²) in [6.45, 7) is 0.321. The van der Waals surface area contributed by atoms with E-state index in [1.807, 2.05) is 6.07 Å². The van der Waals surface area contributed by atoms with Crippen molar-refractivity contribution in [3.63, 3.8) is 0 Å². The van der Waals surface area contributed by atoms with Crippen molar-refractivity contribution < 1.29 is 9.59 Å². The molecule has 0 aromatic heterocycles. The molecule has 0 aliphatic carbocycles. The van der Waals surface area contributed by atoms with Gasteiger partial charge in [-0.25, -0.2) is 4.79 Å². The van der Waals surface area contributed by atoms with Crippen molar-refractivity contribution in [2.45, 2.75) is 12.6 Å². The average Bonchev–Trinajstić information content (AvgIpc) is 2.50. The van der Waals surface area contributed by atoms with Crippen LogP contribution in [0.2, 0.25) is 10.0 Å². The van der Waals surface area contributed by atoms with E-state index in [0.717, 1.165) is 5.56 Å². The van der Waals surface area contributed by atoms with E-state index in [2.05, 4.69) is 10.6 Å². The molecule has 23 heavy (non-hydrogen) atoms. The normalized spacial score (nSPS) is 11.7. The molecule has 120 valence electrons. The molecule has 5 nitrogen and oxygen atoms in total. The largest absolute Gasteiger partial charge is 0.351 e. The van der Waals surface area contributed by atoms with Crippen molar-refractivity contribution in [3.05, 3.63) is 69.7 Å². The number of hydrogen-bond donors (Lipinski definition) is 3. The highest BCUT2D eigenvalue weighted by molar-refractivity contribution is 6.35. The molecule has 0 aliphatic heterocycles. The highest BCUT2D eigenvalue weighted by Gasteiger charge is 2.21. The molecule has 2 aromatic carbocycles. The smallest absolute Gasteiger partial charge is 0.318 e. The molecular weight excluding hydrogens is 337 g/mol. The Morgan fingerprint density at radius 2 is 1.78 bits per heavy atom. The van der Waals surface area contributed by atoms with Crippen LogP contribution in [-0.2, 0) is 11.3 Å². The molecule has 4 N–H and O–H groups in total. The van der Waals surface area contributed by atoms with Gasteiger partial charge in [-0.3, -0.25) is 15.4 Å². The summed E-state index contributed by atoms with van der Waals surface area (Å²) in [5.74, 6) is -0.534. The standard InChI is InChI=1S/C16H15Cl2N3O2/c17-12-7-6-11(13(18)8-12)9-20-14(15(22)21-16(19)23)10-4-2-1-3-5-10/h1-8,14,20H,9H2,(H3,19,21,22,23)/t14-/m0/s1. The van der Waals surface area contributed by atoms with Gasteiger partial charge in [0.15, 0.2) is 0 Å². The van der Waals surface area contributed by atoms with E-state index in [9.17, 15) is 9.59 Å². The van der Waals surface area contributed by atoms with Gasteiger partial charge in [-0.15, -0.1) is 0 Å². The number of carbonyl (C=O) groups excluding carboxylic acids is 2. The first kappa shape index (κ1) is 17.3. The lowest BCUT2D eigenvalue weighted by molar-refractivity contribution is -0.122. The number of imide groups is 1. The van der Waals surface area contributed by atoms with Crippen LogP contribution in [0.3, 0.4) is 0 Å². The van der Waals surface area contributed by atoms with Crippen molar-refractivity contribution >= 4 is 35.1 Å². The lowest BCUT2D eigenvalue weighted by Crippen LogP contribution is -2.42. The fourth-order valence-corrected chi connectivity index (χ4v) is 2.55. The maximum atomic E-state index is 12.2. The van der Waals surface area contributed by atoms with Crippen LogP contribution >= 0.6 is 23.2 Å². The molecule has 0 heterocycles. The quantitative estimate of drug-likeness (QED) is 0.773. The Labute approximate surface area is 143 Å². The molecule has 0 radical (unpaired) electrons. The lowest BCUT2D eigenvalue weighted by Gasteiger charge is -2.18. The minimum atomic E-state index is -0.901.